The van der Waals surface area contributed by atoms with Crippen LogP contribution in [0.1, 0.15) is 32.6 Å². The molecule has 2 rings (SSSR count). The Morgan fingerprint density at radius 3 is 2.65 bits per heavy atom. The number of hydrogen-bond donors (Lipinski definition) is 2. The maximum absolute atomic E-state index is 13.7. The first-order valence-corrected chi connectivity index (χ1v) is 7.16. The van der Waals surface area contributed by atoms with Crippen molar-refractivity contribution >= 4 is 11.6 Å². The summed E-state index contributed by atoms with van der Waals surface area (Å²) in [6.45, 7) is 3.80. The summed E-state index contributed by atoms with van der Waals surface area (Å²) in [7, 11) is 0. The monoisotopic (exact) mass is 285 g/mol. The molecule has 1 fully saturated rings. The Morgan fingerprint density at radius 1 is 1.25 bits per heavy atom. The largest absolute Gasteiger partial charge is 0.376 e. The maximum Gasteiger partial charge on any atom is 0.168 e. The first-order chi connectivity index (χ1) is 9.70. The summed E-state index contributed by atoms with van der Waals surface area (Å²) >= 11 is 0. The van der Waals surface area contributed by atoms with Crippen molar-refractivity contribution in [1.82, 2.24) is 4.98 Å². The van der Waals surface area contributed by atoms with Gasteiger partial charge in [-0.2, -0.15) is 0 Å². The number of nitrogens with zero attached hydrogens (tertiary/aromatic N) is 1. The van der Waals surface area contributed by atoms with Gasteiger partial charge in [-0.15, -0.1) is 0 Å². The molecule has 2 N–H and O–H groups in total. The van der Waals surface area contributed by atoms with E-state index in [1.807, 2.05) is 6.92 Å². The van der Waals surface area contributed by atoms with Gasteiger partial charge in [0, 0.05) is 25.8 Å². The Balaban J connectivity index is 1.98. The van der Waals surface area contributed by atoms with Gasteiger partial charge in [0.1, 0.15) is 0 Å². The molecule has 20 heavy (non-hydrogen) atoms. The van der Waals surface area contributed by atoms with Crippen LogP contribution in [0.25, 0.3) is 0 Å². The van der Waals surface area contributed by atoms with Crippen LogP contribution in [0.5, 0.6) is 0 Å². The molecule has 0 bridgehead atoms. The minimum atomic E-state index is -0.680. The number of hydrogen-bond acceptors (Lipinski definition) is 4. The van der Waals surface area contributed by atoms with Gasteiger partial charge < -0.3 is 15.4 Å². The van der Waals surface area contributed by atoms with Crippen molar-refractivity contribution in [2.24, 2.45) is 0 Å². The topological polar surface area (TPSA) is 46.2 Å². The number of halogens is 2. The van der Waals surface area contributed by atoms with Crippen LogP contribution in [0.4, 0.5) is 20.4 Å². The second kappa shape index (κ2) is 7.38. The fourth-order valence-electron chi connectivity index (χ4n) is 2.14. The molecule has 0 amide bonds. The van der Waals surface area contributed by atoms with Gasteiger partial charge in [0.15, 0.2) is 23.3 Å². The molecular formula is C14H21F2N3O. The normalized spacial score (nSPS) is 18.9. The van der Waals surface area contributed by atoms with Crippen LogP contribution in [0.2, 0.25) is 0 Å². The lowest BCUT2D eigenvalue weighted by Crippen LogP contribution is -2.27. The number of ether oxygens (including phenoxy) is 1. The molecule has 6 heteroatoms. The Hall–Kier alpha value is -1.43. The smallest absolute Gasteiger partial charge is 0.168 e. The summed E-state index contributed by atoms with van der Waals surface area (Å²) in [5.74, 6) is -1.20. The lowest BCUT2D eigenvalue weighted by atomic mass is 10.1. The SMILES string of the molecule is CCCNc1nc(NCC2CCCCO2)c(F)cc1F. The number of aromatic nitrogens is 1. The standard InChI is InChI=1S/C14H21F2N3O/c1-2-6-17-13-11(15)8-12(16)14(19-13)18-9-10-5-3-4-7-20-10/h8,10H,2-7,9H2,1H3,(H2,17,18,19). The van der Waals surface area contributed by atoms with E-state index < -0.39 is 11.6 Å². The molecule has 4 nitrogen and oxygen atoms in total. The quantitative estimate of drug-likeness (QED) is 0.843. The van der Waals surface area contributed by atoms with Gasteiger partial charge in [-0.3, -0.25) is 0 Å². The molecule has 0 radical (unpaired) electrons. The summed E-state index contributed by atoms with van der Waals surface area (Å²) in [6.07, 6.45) is 4.07. The van der Waals surface area contributed by atoms with Crippen LogP contribution in [0.3, 0.4) is 0 Å². The van der Waals surface area contributed by atoms with Crippen LogP contribution in [-0.4, -0.2) is 30.8 Å². The van der Waals surface area contributed by atoms with E-state index in [2.05, 4.69) is 15.6 Å². The van der Waals surface area contributed by atoms with E-state index in [1.165, 1.54) is 0 Å². The number of anilines is 2. The van der Waals surface area contributed by atoms with Crippen LogP contribution in [0.15, 0.2) is 6.07 Å². The summed E-state index contributed by atoms with van der Waals surface area (Å²) in [5.41, 5.74) is 0. The van der Waals surface area contributed by atoms with Gasteiger partial charge in [-0.25, -0.2) is 13.8 Å². The summed E-state index contributed by atoms with van der Waals surface area (Å²) in [4.78, 5) is 3.97. The fraction of sp³-hybridized carbons (Fsp3) is 0.643. The lowest BCUT2D eigenvalue weighted by molar-refractivity contribution is 0.0247. The van der Waals surface area contributed by atoms with Gasteiger partial charge in [0.05, 0.1) is 6.10 Å². The van der Waals surface area contributed by atoms with Crippen LogP contribution >= 0.6 is 0 Å². The molecule has 1 aromatic heterocycles. The zero-order valence-electron chi connectivity index (χ0n) is 11.7. The van der Waals surface area contributed by atoms with Gasteiger partial charge in [0.2, 0.25) is 0 Å². The molecule has 0 aliphatic carbocycles. The third kappa shape index (κ3) is 4.03. The van der Waals surface area contributed by atoms with E-state index in [1.54, 1.807) is 0 Å². The second-order valence-corrected chi connectivity index (χ2v) is 4.95. The highest BCUT2D eigenvalue weighted by molar-refractivity contribution is 5.47. The van der Waals surface area contributed by atoms with Gasteiger partial charge in [-0.1, -0.05) is 6.92 Å². The fourth-order valence-corrected chi connectivity index (χ4v) is 2.14. The number of pyridine rings is 1. The highest BCUT2D eigenvalue weighted by Crippen LogP contribution is 2.20. The predicted octanol–water partition coefficient (Wildman–Crippen LogP) is 3.16. The number of nitrogens with one attached hydrogen (secondary N) is 2. The number of rotatable bonds is 6. The molecule has 1 saturated heterocycles. The molecule has 112 valence electrons. The zero-order valence-corrected chi connectivity index (χ0v) is 11.7. The van der Waals surface area contributed by atoms with Crippen molar-refractivity contribution in [1.29, 1.82) is 0 Å². The van der Waals surface area contributed by atoms with Gasteiger partial charge >= 0.3 is 0 Å². The van der Waals surface area contributed by atoms with E-state index in [9.17, 15) is 8.78 Å². The minimum absolute atomic E-state index is 0.0687. The van der Waals surface area contributed by atoms with Crippen molar-refractivity contribution in [2.45, 2.75) is 38.7 Å². The molecule has 1 aromatic rings. The maximum atomic E-state index is 13.7. The molecule has 0 saturated carbocycles. The molecule has 1 aliphatic heterocycles. The third-order valence-corrected chi connectivity index (χ3v) is 3.24. The van der Waals surface area contributed by atoms with Crippen LogP contribution in [-0.2, 0) is 4.74 Å². The van der Waals surface area contributed by atoms with E-state index in [0.29, 0.717) is 13.1 Å². The van der Waals surface area contributed by atoms with Crippen molar-refractivity contribution in [3.8, 4) is 0 Å². The van der Waals surface area contributed by atoms with Gasteiger partial charge in [0.25, 0.3) is 0 Å². The molecule has 2 heterocycles. The van der Waals surface area contributed by atoms with Crippen molar-refractivity contribution < 1.29 is 13.5 Å². The summed E-state index contributed by atoms with van der Waals surface area (Å²) < 4.78 is 32.8. The highest BCUT2D eigenvalue weighted by Gasteiger charge is 2.16. The van der Waals surface area contributed by atoms with Crippen LogP contribution < -0.4 is 10.6 Å². The average Bonchev–Trinajstić information content (AvgIpc) is 2.46. The van der Waals surface area contributed by atoms with Crippen molar-refractivity contribution in [2.75, 3.05) is 30.3 Å². The minimum Gasteiger partial charge on any atom is -0.376 e. The van der Waals surface area contributed by atoms with E-state index in [-0.39, 0.29) is 17.7 Å². The Labute approximate surface area is 117 Å². The summed E-state index contributed by atoms with van der Waals surface area (Å²) in [6, 6.07) is 0.856. The van der Waals surface area contributed by atoms with E-state index in [0.717, 1.165) is 38.4 Å². The molecule has 0 spiro atoms. The molecule has 1 aliphatic rings. The lowest BCUT2D eigenvalue weighted by Gasteiger charge is -2.23. The van der Waals surface area contributed by atoms with Crippen molar-refractivity contribution in [3.05, 3.63) is 17.7 Å². The second-order valence-electron chi connectivity index (χ2n) is 4.95. The van der Waals surface area contributed by atoms with Crippen LogP contribution in [0, 0.1) is 11.6 Å². The predicted molar refractivity (Wildman–Crippen MR) is 75.0 cm³/mol. The molecule has 1 atom stereocenters. The summed E-state index contributed by atoms with van der Waals surface area (Å²) in [5, 5.41) is 5.75. The first kappa shape index (κ1) is 15.0. The Morgan fingerprint density at radius 2 is 2.00 bits per heavy atom. The van der Waals surface area contributed by atoms with Crippen molar-refractivity contribution in [3.63, 3.8) is 0 Å². The molecule has 0 aromatic carbocycles. The average molecular weight is 285 g/mol. The third-order valence-electron chi connectivity index (χ3n) is 3.24. The van der Waals surface area contributed by atoms with E-state index >= 15 is 0 Å². The highest BCUT2D eigenvalue weighted by atomic mass is 19.1. The molecule has 1 unspecified atom stereocenters. The van der Waals surface area contributed by atoms with Gasteiger partial charge in [-0.05, 0) is 25.7 Å². The zero-order chi connectivity index (χ0) is 14.4. The molecular weight excluding hydrogens is 264 g/mol. The van der Waals surface area contributed by atoms with E-state index in [4.69, 9.17) is 4.74 Å². The first-order valence-electron chi connectivity index (χ1n) is 7.16. The Bertz CT molecular complexity index is 437. The Kier molecular flexibility index (Phi) is 5.52.